The summed E-state index contributed by atoms with van der Waals surface area (Å²) in [5.74, 6) is -0.760. The number of rotatable bonds is 2. The normalized spacial score (nSPS) is 17.6. The minimum Gasteiger partial charge on any atom is -0.444 e. The summed E-state index contributed by atoms with van der Waals surface area (Å²) in [5, 5.41) is 0. The molecule has 0 spiro atoms. The zero-order valence-corrected chi connectivity index (χ0v) is 19.6. The lowest BCUT2D eigenvalue weighted by Crippen LogP contribution is -2.44. The number of ketones is 1. The van der Waals surface area contributed by atoms with Crippen LogP contribution in [0, 0.1) is 0 Å². The Bertz CT molecular complexity index is 1140. The lowest BCUT2D eigenvalue weighted by atomic mass is 9.92. The first kappa shape index (κ1) is 27.0. The number of Topliss-reactive ketones (excluding diaryl/α,β-unsaturated/α-hetero) is 1. The van der Waals surface area contributed by atoms with Crippen molar-refractivity contribution in [3.05, 3.63) is 81.9 Å². The molecule has 1 aliphatic heterocycles. The highest BCUT2D eigenvalue weighted by molar-refractivity contribution is 6.15. The predicted molar refractivity (Wildman–Crippen MR) is 122 cm³/mol. The van der Waals surface area contributed by atoms with E-state index >= 15 is 0 Å². The standard InChI is InChI=1S/C26H23F6NO3/c1-24(2,3)36-23(35)33-14-18(12-16-8-4-6-10-20(16)25(27,28)29)22(34)19(15-33)13-17-9-5-7-11-21(17)26(30,31)32/h4-13H,14-15H2,1-3H3/b18-12+,19-13+. The Kier molecular flexibility index (Phi) is 7.38. The molecule has 1 saturated heterocycles. The zero-order chi connectivity index (χ0) is 26.9. The van der Waals surface area contributed by atoms with E-state index in [1.165, 1.54) is 24.3 Å². The summed E-state index contributed by atoms with van der Waals surface area (Å²) in [6, 6.07) is 9.13. The van der Waals surface area contributed by atoms with Crippen molar-refractivity contribution < 1.29 is 40.7 Å². The fourth-order valence-electron chi connectivity index (χ4n) is 3.63. The number of carbonyl (C=O) groups excluding carboxylic acids is 2. The summed E-state index contributed by atoms with van der Waals surface area (Å²) in [6.45, 7) is 4.06. The third-order valence-electron chi connectivity index (χ3n) is 5.15. The van der Waals surface area contributed by atoms with Gasteiger partial charge in [-0.05, 0) is 56.2 Å². The van der Waals surface area contributed by atoms with Gasteiger partial charge in [-0.3, -0.25) is 9.69 Å². The number of piperidine rings is 1. The maximum absolute atomic E-state index is 13.5. The smallest absolute Gasteiger partial charge is 0.416 e. The van der Waals surface area contributed by atoms with Crippen LogP contribution in [-0.4, -0.2) is 35.5 Å². The van der Waals surface area contributed by atoms with Crippen LogP contribution in [0.1, 0.15) is 43.0 Å². The number of alkyl halides is 6. The summed E-state index contributed by atoms with van der Waals surface area (Å²) in [6.07, 6.45) is -8.27. The second kappa shape index (κ2) is 9.83. The third-order valence-corrected chi connectivity index (χ3v) is 5.15. The van der Waals surface area contributed by atoms with Crippen LogP contribution in [0.25, 0.3) is 12.2 Å². The van der Waals surface area contributed by atoms with Gasteiger partial charge in [0.15, 0.2) is 5.78 Å². The molecule has 0 N–H and O–H groups in total. The molecule has 0 saturated carbocycles. The molecule has 1 fully saturated rings. The van der Waals surface area contributed by atoms with Crippen LogP contribution < -0.4 is 0 Å². The zero-order valence-electron chi connectivity index (χ0n) is 19.6. The lowest BCUT2D eigenvalue weighted by Gasteiger charge is -2.32. The highest BCUT2D eigenvalue weighted by Gasteiger charge is 2.36. The van der Waals surface area contributed by atoms with Crippen LogP contribution in [-0.2, 0) is 21.9 Å². The van der Waals surface area contributed by atoms with Gasteiger partial charge < -0.3 is 4.74 Å². The number of hydrogen-bond donors (Lipinski definition) is 0. The molecular weight excluding hydrogens is 488 g/mol. The van der Waals surface area contributed by atoms with Gasteiger partial charge in [-0.25, -0.2) is 4.79 Å². The third kappa shape index (κ3) is 6.56. The van der Waals surface area contributed by atoms with Crippen LogP contribution in [0.2, 0.25) is 0 Å². The molecule has 0 radical (unpaired) electrons. The van der Waals surface area contributed by atoms with Crippen LogP contribution in [0.15, 0.2) is 59.7 Å². The minimum absolute atomic E-state index is 0.195. The summed E-state index contributed by atoms with van der Waals surface area (Å²) in [4.78, 5) is 27.0. The second-order valence-electron chi connectivity index (χ2n) is 9.17. The molecule has 1 aliphatic rings. The number of halogens is 6. The number of amides is 1. The first-order valence-corrected chi connectivity index (χ1v) is 10.8. The Labute approximate surface area is 203 Å². The fourth-order valence-corrected chi connectivity index (χ4v) is 3.63. The van der Waals surface area contributed by atoms with Gasteiger partial charge in [0.05, 0.1) is 24.2 Å². The molecule has 0 aromatic heterocycles. The Morgan fingerprint density at radius 3 is 1.53 bits per heavy atom. The van der Waals surface area contributed by atoms with E-state index in [4.69, 9.17) is 4.74 Å². The average molecular weight is 511 g/mol. The van der Waals surface area contributed by atoms with Gasteiger partial charge >= 0.3 is 18.4 Å². The van der Waals surface area contributed by atoms with E-state index in [0.717, 1.165) is 41.3 Å². The number of nitrogens with zero attached hydrogens (tertiary/aromatic N) is 1. The second-order valence-corrected chi connectivity index (χ2v) is 9.17. The molecule has 36 heavy (non-hydrogen) atoms. The Morgan fingerprint density at radius 2 is 1.17 bits per heavy atom. The van der Waals surface area contributed by atoms with Crippen molar-refractivity contribution in [1.29, 1.82) is 0 Å². The quantitative estimate of drug-likeness (QED) is 0.322. The van der Waals surface area contributed by atoms with Crippen molar-refractivity contribution in [2.45, 2.75) is 38.7 Å². The molecular formula is C26H23F6NO3. The highest BCUT2D eigenvalue weighted by atomic mass is 19.4. The molecule has 0 aliphatic carbocycles. The van der Waals surface area contributed by atoms with Crippen LogP contribution in [0.4, 0.5) is 31.1 Å². The molecule has 10 heteroatoms. The van der Waals surface area contributed by atoms with Gasteiger partial charge in [0, 0.05) is 11.1 Å². The lowest BCUT2D eigenvalue weighted by molar-refractivity contribution is -0.138. The molecule has 4 nitrogen and oxygen atoms in total. The first-order valence-electron chi connectivity index (χ1n) is 10.8. The van der Waals surface area contributed by atoms with Gasteiger partial charge in [-0.2, -0.15) is 26.3 Å². The molecule has 0 unspecified atom stereocenters. The van der Waals surface area contributed by atoms with Gasteiger partial charge in [-0.1, -0.05) is 36.4 Å². The number of ether oxygens (including phenoxy) is 1. The molecule has 2 aromatic rings. The van der Waals surface area contributed by atoms with Crippen molar-refractivity contribution in [2.24, 2.45) is 0 Å². The average Bonchev–Trinajstić information content (AvgIpc) is 2.74. The van der Waals surface area contributed by atoms with E-state index in [9.17, 15) is 35.9 Å². The SMILES string of the molecule is CC(C)(C)OC(=O)N1C/C(=C\c2ccccc2C(F)(F)F)C(=O)/C(=C/c2ccccc2C(F)(F)F)C1. The van der Waals surface area contributed by atoms with E-state index in [-0.39, 0.29) is 35.4 Å². The fraction of sp³-hybridized carbons (Fsp3) is 0.308. The Balaban J connectivity index is 2.13. The van der Waals surface area contributed by atoms with E-state index in [1.54, 1.807) is 20.8 Å². The molecule has 1 heterocycles. The van der Waals surface area contributed by atoms with Crippen molar-refractivity contribution in [3.8, 4) is 0 Å². The Morgan fingerprint density at radius 1 is 0.778 bits per heavy atom. The van der Waals surface area contributed by atoms with E-state index in [2.05, 4.69) is 0 Å². The van der Waals surface area contributed by atoms with Crippen molar-refractivity contribution in [1.82, 2.24) is 4.90 Å². The summed E-state index contributed by atoms with van der Waals surface area (Å²) < 4.78 is 86.3. The van der Waals surface area contributed by atoms with Crippen molar-refractivity contribution >= 4 is 24.0 Å². The maximum atomic E-state index is 13.5. The van der Waals surface area contributed by atoms with Crippen molar-refractivity contribution in [2.75, 3.05) is 13.1 Å². The van der Waals surface area contributed by atoms with Crippen LogP contribution in [0.3, 0.4) is 0 Å². The van der Waals surface area contributed by atoms with Crippen LogP contribution in [0.5, 0.6) is 0 Å². The number of benzene rings is 2. The largest absolute Gasteiger partial charge is 0.444 e. The number of carbonyl (C=O) groups is 2. The maximum Gasteiger partial charge on any atom is 0.416 e. The molecule has 0 bridgehead atoms. The predicted octanol–water partition coefficient (Wildman–Crippen LogP) is 7.01. The molecule has 192 valence electrons. The summed E-state index contributed by atoms with van der Waals surface area (Å²) in [7, 11) is 0. The van der Waals surface area contributed by atoms with Gasteiger partial charge in [-0.15, -0.1) is 0 Å². The number of hydrogen-bond acceptors (Lipinski definition) is 3. The highest BCUT2D eigenvalue weighted by Crippen LogP contribution is 2.35. The molecule has 0 atom stereocenters. The molecule has 2 aromatic carbocycles. The monoisotopic (exact) mass is 511 g/mol. The minimum atomic E-state index is -4.71. The van der Waals surface area contributed by atoms with Crippen LogP contribution >= 0.6 is 0 Å². The Hall–Kier alpha value is -3.56. The van der Waals surface area contributed by atoms with E-state index < -0.39 is 41.0 Å². The topological polar surface area (TPSA) is 46.6 Å². The van der Waals surface area contributed by atoms with Gasteiger partial charge in [0.1, 0.15) is 5.60 Å². The van der Waals surface area contributed by atoms with Gasteiger partial charge in [0.25, 0.3) is 0 Å². The molecule has 1 amide bonds. The van der Waals surface area contributed by atoms with E-state index in [0.29, 0.717) is 0 Å². The van der Waals surface area contributed by atoms with Gasteiger partial charge in [0.2, 0.25) is 0 Å². The summed E-state index contributed by atoms with van der Waals surface area (Å²) >= 11 is 0. The first-order chi connectivity index (χ1) is 16.6. The summed E-state index contributed by atoms with van der Waals surface area (Å²) in [5.41, 5.74) is -3.92. The van der Waals surface area contributed by atoms with E-state index in [1.807, 2.05) is 0 Å². The molecule has 3 rings (SSSR count). The van der Waals surface area contributed by atoms with Crippen molar-refractivity contribution in [3.63, 3.8) is 0 Å². The number of likely N-dealkylation sites (tertiary alicyclic amines) is 1.